The zero-order valence-corrected chi connectivity index (χ0v) is 8.45. The van der Waals surface area contributed by atoms with E-state index in [1.807, 2.05) is 19.2 Å². The van der Waals surface area contributed by atoms with Crippen LogP contribution in [0.25, 0.3) is 6.08 Å². The normalized spacial score (nSPS) is 14.0. The third-order valence-corrected chi connectivity index (χ3v) is 2.44. The molecule has 0 aliphatic carbocycles. The van der Waals surface area contributed by atoms with Gasteiger partial charge in [0.25, 0.3) is 0 Å². The van der Waals surface area contributed by atoms with E-state index in [0.29, 0.717) is 0 Å². The van der Waals surface area contributed by atoms with E-state index < -0.39 is 0 Å². The monoisotopic (exact) mass is 190 g/mol. The molecule has 0 aromatic heterocycles. The molecule has 0 radical (unpaired) electrons. The Bertz CT molecular complexity index is 385. The molecule has 0 amide bonds. The molecule has 0 saturated carbocycles. The molecule has 74 valence electrons. The second-order valence-corrected chi connectivity index (χ2v) is 3.44. The van der Waals surface area contributed by atoms with Crippen LogP contribution in [0.15, 0.2) is 18.2 Å². The van der Waals surface area contributed by atoms with E-state index in [0.717, 1.165) is 29.2 Å². The van der Waals surface area contributed by atoms with Crippen molar-refractivity contribution in [3.8, 4) is 5.75 Å². The second-order valence-electron chi connectivity index (χ2n) is 3.44. The van der Waals surface area contributed by atoms with Crippen molar-refractivity contribution < 1.29 is 4.74 Å². The summed E-state index contributed by atoms with van der Waals surface area (Å²) in [5.41, 5.74) is 8.93. The third kappa shape index (κ3) is 1.31. The first-order valence-corrected chi connectivity index (χ1v) is 4.57. The molecule has 3 nitrogen and oxygen atoms in total. The number of fused-ring (bicyclic) bond motifs is 1. The maximum absolute atomic E-state index is 5.95. The minimum absolute atomic E-state index is 0.770. The summed E-state index contributed by atoms with van der Waals surface area (Å²) >= 11 is 0. The predicted octanol–water partition coefficient (Wildman–Crippen LogP) is 1.74. The Hall–Kier alpha value is -1.64. The lowest BCUT2D eigenvalue weighted by Crippen LogP contribution is -2.21. The summed E-state index contributed by atoms with van der Waals surface area (Å²) in [4.78, 5) is 2.13. The first-order valence-electron chi connectivity index (χ1n) is 4.57. The van der Waals surface area contributed by atoms with Crippen LogP contribution in [0.3, 0.4) is 0 Å². The Morgan fingerprint density at radius 1 is 1.43 bits per heavy atom. The van der Waals surface area contributed by atoms with Crippen molar-refractivity contribution in [1.29, 1.82) is 0 Å². The smallest absolute Gasteiger partial charge is 0.121 e. The number of rotatable bonds is 1. The molecule has 2 N–H and O–H groups in total. The zero-order chi connectivity index (χ0) is 10.1. The van der Waals surface area contributed by atoms with E-state index in [-0.39, 0.29) is 0 Å². The van der Waals surface area contributed by atoms with Gasteiger partial charge >= 0.3 is 0 Å². The van der Waals surface area contributed by atoms with E-state index in [9.17, 15) is 0 Å². The van der Waals surface area contributed by atoms with Crippen LogP contribution in [0.4, 0.5) is 11.4 Å². The molecular formula is C11H14N2O. The van der Waals surface area contributed by atoms with Crippen LogP contribution < -0.4 is 15.4 Å². The minimum atomic E-state index is 0.770. The van der Waals surface area contributed by atoms with Crippen molar-refractivity contribution in [1.82, 2.24) is 0 Å². The summed E-state index contributed by atoms with van der Waals surface area (Å²) in [5, 5.41) is 0. The van der Waals surface area contributed by atoms with Crippen molar-refractivity contribution >= 4 is 17.5 Å². The molecule has 0 unspecified atom stereocenters. The molecule has 1 aliphatic rings. The Labute approximate surface area is 83.8 Å². The topological polar surface area (TPSA) is 38.5 Å². The Balaban J connectivity index is 2.58. The Morgan fingerprint density at radius 2 is 2.21 bits per heavy atom. The molecule has 3 heteroatoms. The Morgan fingerprint density at radius 3 is 2.93 bits per heavy atom. The molecule has 0 saturated heterocycles. The average Bonchev–Trinajstić information content (AvgIpc) is 2.17. The maximum atomic E-state index is 5.95. The van der Waals surface area contributed by atoms with Gasteiger partial charge in [0.2, 0.25) is 0 Å². The molecule has 1 heterocycles. The van der Waals surface area contributed by atoms with Crippen LogP contribution in [0.1, 0.15) is 5.56 Å². The summed E-state index contributed by atoms with van der Waals surface area (Å²) in [6.07, 6.45) is 4.19. The third-order valence-electron chi connectivity index (χ3n) is 2.44. The highest BCUT2D eigenvalue weighted by Gasteiger charge is 2.13. The van der Waals surface area contributed by atoms with Gasteiger partial charge in [0.1, 0.15) is 5.75 Å². The molecule has 0 atom stereocenters. The van der Waals surface area contributed by atoms with Gasteiger partial charge in [-0.25, -0.2) is 0 Å². The van der Waals surface area contributed by atoms with Crippen LogP contribution in [0, 0.1) is 0 Å². The van der Waals surface area contributed by atoms with E-state index in [1.165, 1.54) is 0 Å². The van der Waals surface area contributed by atoms with Gasteiger partial charge in [-0.05, 0) is 6.07 Å². The van der Waals surface area contributed by atoms with Crippen LogP contribution in [-0.4, -0.2) is 20.7 Å². The van der Waals surface area contributed by atoms with Crippen LogP contribution in [-0.2, 0) is 0 Å². The summed E-state index contributed by atoms with van der Waals surface area (Å²) in [6, 6.07) is 3.85. The van der Waals surface area contributed by atoms with Crippen molar-refractivity contribution in [2.75, 3.05) is 31.3 Å². The molecular weight excluding hydrogens is 176 g/mol. The highest BCUT2D eigenvalue weighted by atomic mass is 16.5. The minimum Gasteiger partial charge on any atom is -0.497 e. The van der Waals surface area contributed by atoms with Crippen LogP contribution >= 0.6 is 0 Å². The predicted molar refractivity (Wildman–Crippen MR) is 59.7 cm³/mol. The van der Waals surface area contributed by atoms with Crippen LogP contribution in [0.2, 0.25) is 0 Å². The Kier molecular flexibility index (Phi) is 2.08. The number of hydrogen-bond donors (Lipinski definition) is 1. The lowest BCUT2D eigenvalue weighted by atomic mass is 10.1. The van der Waals surface area contributed by atoms with Crippen molar-refractivity contribution in [2.45, 2.75) is 0 Å². The number of ether oxygens (including phenoxy) is 1. The van der Waals surface area contributed by atoms with Gasteiger partial charge in [-0.15, -0.1) is 0 Å². The van der Waals surface area contributed by atoms with Gasteiger partial charge < -0.3 is 15.4 Å². The molecule has 1 aliphatic heterocycles. The van der Waals surface area contributed by atoms with E-state index >= 15 is 0 Å². The number of nitrogens with two attached hydrogens (primary N) is 1. The number of hydrogen-bond acceptors (Lipinski definition) is 3. The second kappa shape index (κ2) is 3.25. The highest BCUT2D eigenvalue weighted by molar-refractivity contribution is 5.82. The van der Waals surface area contributed by atoms with E-state index in [2.05, 4.69) is 17.1 Å². The standard InChI is InChI=1S/C11H14N2O/c1-13-5-3-4-8-6-9(14-2)7-10(12)11(8)13/h3-4,6-7H,5,12H2,1-2H3. The molecule has 0 fully saturated rings. The fourth-order valence-corrected chi connectivity index (χ4v) is 1.77. The fraction of sp³-hybridized carbons (Fsp3) is 0.273. The lowest BCUT2D eigenvalue weighted by Gasteiger charge is -2.25. The molecule has 1 aromatic rings. The summed E-state index contributed by atoms with van der Waals surface area (Å²) in [7, 11) is 3.68. The summed E-state index contributed by atoms with van der Waals surface area (Å²) in [6.45, 7) is 0.906. The number of methoxy groups -OCH3 is 1. The SMILES string of the molecule is COc1cc(N)c2c(c1)C=CCN2C. The van der Waals surface area contributed by atoms with Gasteiger partial charge in [-0.1, -0.05) is 12.2 Å². The largest absolute Gasteiger partial charge is 0.497 e. The quantitative estimate of drug-likeness (QED) is 0.685. The van der Waals surface area contributed by atoms with Gasteiger partial charge in [0.05, 0.1) is 18.5 Å². The number of benzene rings is 1. The first-order chi connectivity index (χ1) is 6.72. The fourth-order valence-electron chi connectivity index (χ4n) is 1.77. The van der Waals surface area contributed by atoms with Crippen molar-refractivity contribution in [2.24, 2.45) is 0 Å². The van der Waals surface area contributed by atoms with Gasteiger partial charge in [0, 0.05) is 25.2 Å². The van der Waals surface area contributed by atoms with Gasteiger partial charge in [0.15, 0.2) is 0 Å². The molecule has 1 aromatic carbocycles. The number of nitrogens with zero attached hydrogens (tertiary/aromatic N) is 1. The number of nitrogen functional groups attached to an aromatic ring is 1. The zero-order valence-electron chi connectivity index (χ0n) is 8.45. The van der Waals surface area contributed by atoms with E-state index in [4.69, 9.17) is 10.5 Å². The molecule has 0 spiro atoms. The van der Waals surface area contributed by atoms with Gasteiger partial charge in [-0.3, -0.25) is 0 Å². The molecule has 0 bridgehead atoms. The molecule has 14 heavy (non-hydrogen) atoms. The number of likely N-dealkylation sites (N-methyl/N-ethyl adjacent to an activating group) is 1. The molecule has 2 rings (SSSR count). The van der Waals surface area contributed by atoms with E-state index in [1.54, 1.807) is 7.11 Å². The summed E-state index contributed by atoms with van der Waals surface area (Å²) < 4.78 is 5.16. The van der Waals surface area contributed by atoms with Gasteiger partial charge in [-0.2, -0.15) is 0 Å². The summed E-state index contributed by atoms with van der Waals surface area (Å²) in [5.74, 6) is 0.807. The van der Waals surface area contributed by atoms with Crippen molar-refractivity contribution in [3.63, 3.8) is 0 Å². The number of anilines is 2. The van der Waals surface area contributed by atoms with Crippen molar-refractivity contribution in [3.05, 3.63) is 23.8 Å². The first kappa shape index (κ1) is 8.94. The van der Waals surface area contributed by atoms with Crippen LogP contribution in [0.5, 0.6) is 5.75 Å². The maximum Gasteiger partial charge on any atom is 0.121 e. The lowest BCUT2D eigenvalue weighted by molar-refractivity contribution is 0.415. The highest BCUT2D eigenvalue weighted by Crippen LogP contribution is 2.34. The average molecular weight is 190 g/mol.